The molecule has 1 amide bonds. The second kappa shape index (κ2) is 6.91. The molecule has 0 bridgehead atoms. The molecule has 0 atom stereocenters. The third-order valence-corrected chi connectivity index (χ3v) is 3.48. The third-order valence-electron chi connectivity index (χ3n) is 3.48. The van der Waals surface area contributed by atoms with Gasteiger partial charge in [0.05, 0.1) is 0 Å². The molecule has 2 N–H and O–H groups in total. The summed E-state index contributed by atoms with van der Waals surface area (Å²) >= 11 is 0. The first kappa shape index (κ1) is 15.7. The van der Waals surface area contributed by atoms with Crippen LogP contribution in [-0.2, 0) is 0 Å². The van der Waals surface area contributed by atoms with Crippen molar-refractivity contribution in [2.75, 3.05) is 10.6 Å². The molecule has 120 valence electrons. The summed E-state index contributed by atoms with van der Waals surface area (Å²) in [5, 5.41) is 14.1. The summed E-state index contributed by atoms with van der Waals surface area (Å²) in [6.45, 7) is 3.98. The largest absolute Gasteiger partial charge is 0.339 e. The highest BCUT2D eigenvalue weighted by molar-refractivity contribution is 6.03. The SMILES string of the molecule is Cc1cccc(Nc2ccc(NC(=O)c3cccc(C)c3)nn2)c1. The van der Waals surface area contributed by atoms with E-state index in [1.807, 2.05) is 56.3 Å². The zero-order chi connectivity index (χ0) is 16.9. The Morgan fingerprint density at radius 1 is 0.833 bits per heavy atom. The topological polar surface area (TPSA) is 66.9 Å². The van der Waals surface area contributed by atoms with Crippen LogP contribution < -0.4 is 10.6 Å². The van der Waals surface area contributed by atoms with E-state index in [4.69, 9.17) is 0 Å². The van der Waals surface area contributed by atoms with Crippen molar-refractivity contribution in [2.24, 2.45) is 0 Å². The molecule has 5 heteroatoms. The number of benzene rings is 2. The lowest BCUT2D eigenvalue weighted by molar-refractivity contribution is 0.102. The summed E-state index contributed by atoms with van der Waals surface area (Å²) < 4.78 is 0. The zero-order valence-electron chi connectivity index (χ0n) is 13.6. The maximum absolute atomic E-state index is 12.2. The second-order valence-corrected chi connectivity index (χ2v) is 5.62. The van der Waals surface area contributed by atoms with Gasteiger partial charge in [0.15, 0.2) is 11.6 Å². The van der Waals surface area contributed by atoms with E-state index >= 15 is 0 Å². The molecule has 0 saturated heterocycles. The van der Waals surface area contributed by atoms with E-state index in [0.717, 1.165) is 16.8 Å². The fraction of sp³-hybridized carbons (Fsp3) is 0.105. The fourth-order valence-corrected chi connectivity index (χ4v) is 2.31. The minimum Gasteiger partial charge on any atom is -0.339 e. The molecule has 2 aromatic carbocycles. The molecular formula is C19H18N4O. The van der Waals surface area contributed by atoms with Crippen LogP contribution in [0.3, 0.4) is 0 Å². The Kier molecular flexibility index (Phi) is 4.52. The van der Waals surface area contributed by atoms with Crippen molar-refractivity contribution < 1.29 is 4.79 Å². The lowest BCUT2D eigenvalue weighted by Gasteiger charge is -2.07. The van der Waals surface area contributed by atoms with Crippen molar-refractivity contribution in [1.29, 1.82) is 0 Å². The monoisotopic (exact) mass is 318 g/mol. The zero-order valence-corrected chi connectivity index (χ0v) is 13.6. The average molecular weight is 318 g/mol. The Bertz CT molecular complexity index is 859. The van der Waals surface area contributed by atoms with Crippen LogP contribution in [0.1, 0.15) is 21.5 Å². The van der Waals surface area contributed by atoms with Crippen molar-refractivity contribution in [3.63, 3.8) is 0 Å². The number of aromatic nitrogens is 2. The Labute approximate surface area is 140 Å². The highest BCUT2D eigenvalue weighted by atomic mass is 16.1. The van der Waals surface area contributed by atoms with Gasteiger partial charge in [-0.3, -0.25) is 4.79 Å². The lowest BCUT2D eigenvalue weighted by atomic mass is 10.1. The van der Waals surface area contributed by atoms with Gasteiger partial charge in [-0.2, -0.15) is 0 Å². The molecule has 24 heavy (non-hydrogen) atoms. The molecule has 5 nitrogen and oxygen atoms in total. The molecule has 1 aromatic heterocycles. The van der Waals surface area contributed by atoms with Gasteiger partial charge < -0.3 is 10.6 Å². The number of hydrogen-bond donors (Lipinski definition) is 2. The summed E-state index contributed by atoms with van der Waals surface area (Å²) in [6.07, 6.45) is 0. The van der Waals surface area contributed by atoms with Crippen LogP contribution in [0.15, 0.2) is 60.7 Å². The first-order valence-electron chi connectivity index (χ1n) is 7.65. The molecule has 3 rings (SSSR count). The highest BCUT2D eigenvalue weighted by Gasteiger charge is 2.07. The number of carbonyl (C=O) groups is 1. The third kappa shape index (κ3) is 3.95. The molecule has 0 spiro atoms. The van der Waals surface area contributed by atoms with E-state index in [-0.39, 0.29) is 5.91 Å². The summed E-state index contributed by atoms with van der Waals surface area (Å²) in [4.78, 5) is 12.2. The van der Waals surface area contributed by atoms with E-state index in [1.165, 1.54) is 0 Å². The molecule has 0 aliphatic carbocycles. The van der Waals surface area contributed by atoms with Crippen molar-refractivity contribution in [2.45, 2.75) is 13.8 Å². The lowest BCUT2D eigenvalue weighted by Crippen LogP contribution is -2.13. The molecule has 0 unspecified atom stereocenters. The predicted octanol–water partition coefficient (Wildman–Crippen LogP) is 4.09. The van der Waals surface area contributed by atoms with Crippen LogP contribution in [0, 0.1) is 13.8 Å². The normalized spacial score (nSPS) is 10.2. The molecule has 0 radical (unpaired) electrons. The predicted molar refractivity (Wildman–Crippen MR) is 95.6 cm³/mol. The molecule has 0 aliphatic rings. The first-order valence-corrected chi connectivity index (χ1v) is 7.65. The van der Waals surface area contributed by atoms with Crippen molar-refractivity contribution in [3.8, 4) is 0 Å². The quantitative estimate of drug-likeness (QED) is 0.760. The molecule has 1 heterocycles. The summed E-state index contributed by atoms with van der Waals surface area (Å²) in [5.41, 5.74) is 3.74. The Hall–Kier alpha value is -3.21. The minimum absolute atomic E-state index is 0.201. The van der Waals surface area contributed by atoms with Crippen LogP contribution in [0.2, 0.25) is 0 Å². The van der Waals surface area contributed by atoms with Gasteiger partial charge in [0.2, 0.25) is 0 Å². The standard InChI is InChI=1S/C19H18N4O/c1-13-5-3-7-15(11-13)19(24)21-18-10-9-17(22-23-18)20-16-8-4-6-14(2)12-16/h3-12H,1-2H3,(H,20,22)(H,21,23,24). The Morgan fingerprint density at radius 2 is 1.50 bits per heavy atom. The number of nitrogens with one attached hydrogen (secondary N) is 2. The van der Waals surface area contributed by atoms with E-state index in [9.17, 15) is 4.79 Å². The van der Waals surface area contributed by atoms with E-state index < -0.39 is 0 Å². The summed E-state index contributed by atoms with van der Waals surface area (Å²) in [7, 11) is 0. The van der Waals surface area contributed by atoms with Crippen LogP contribution in [0.5, 0.6) is 0 Å². The number of anilines is 3. The van der Waals surface area contributed by atoms with Gasteiger partial charge in [0.25, 0.3) is 5.91 Å². The van der Waals surface area contributed by atoms with Gasteiger partial charge in [-0.05, 0) is 55.8 Å². The fourth-order valence-electron chi connectivity index (χ4n) is 2.31. The maximum atomic E-state index is 12.2. The second-order valence-electron chi connectivity index (χ2n) is 5.62. The van der Waals surface area contributed by atoms with Gasteiger partial charge >= 0.3 is 0 Å². The number of rotatable bonds is 4. The summed E-state index contributed by atoms with van der Waals surface area (Å²) in [5.74, 6) is 0.831. The van der Waals surface area contributed by atoms with E-state index in [1.54, 1.807) is 18.2 Å². The van der Waals surface area contributed by atoms with Gasteiger partial charge in [-0.25, -0.2) is 0 Å². The van der Waals surface area contributed by atoms with Crippen molar-refractivity contribution in [3.05, 3.63) is 77.4 Å². The van der Waals surface area contributed by atoms with Gasteiger partial charge in [0.1, 0.15) is 0 Å². The van der Waals surface area contributed by atoms with Gasteiger partial charge in [0, 0.05) is 11.3 Å². The smallest absolute Gasteiger partial charge is 0.256 e. The van der Waals surface area contributed by atoms with Crippen LogP contribution in [-0.4, -0.2) is 16.1 Å². The number of hydrogen-bond acceptors (Lipinski definition) is 4. The van der Waals surface area contributed by atoms with Gasteiger partial charge in [-0.1, -0.05) is 29.8 Å². The Balaban J connectivity index is 1.67. The first-order chi connectivity index (χ1) is 11.6. The number of nitrogens with zero attached hydrogens (tertiary/aromatic N) is 2. The maximum Gasteiger partial charge on any atom is 0.256 e. The molecular weight excluding hydrogens is 300 g/mol. The minimum atomic E-state index is -0.201. The van der Waals surface area contributed by atoms with E-state index in [0.29, 0.717) is 17.2 Å². The molecule has 3 aromatic rings. The Morgan fingerprint density at radius 3 is 2.17 bits per heavy atom. The average Bonchev–Trinajstić information content (AvgIpc) is 2.57. The summed E-state index contributed by atoms with van der Waals surface area (Å²) in [6, 6.07) is 18.9. The van der Waals surface area contributed by atoms with Crippen LogP contribution in [0.4, 0.5) is 17.3 Å². The molecule has 0 fully saturated rings. The highest BCUT2D eigenvalue weighted by Crippen LogP contribution is 2.16. The molecule has 0 aliphatic heterocycles. The molecule has 0 saturated carbocycles. The number of aryl methyl sites for hydroxylation is 2. The van der Waals surface area contributed by atoms with Crippen LogP contribution >= 0.6 is 0 Å². The van der Waals surface area contributed by atoms with E-state index in [2.05, 4.69) is 20.8 Å². The number of carbonyl (C=O) groups excluding carboxylic acids is 1. The van der Waals surface area contributed by atoms with Gasteiger partial charge in [-0.15, -0.1) is 10.2 Å². The number of amides is 1. The van der Waals surface area contributed by atoms with Crippen molar-refractivity contribution in [1.82, 2.24) is 10.2 Å². The van der Waals surface area contributed by atoms with Crippen molar-refractivity contribution >= 4 is 23.2 Å². The van der Waals surface area contributed by atoms with Crippen LogP contribution in [0.25, 0.3) is 0 Å².